The van der Waals surface area contributed by atoms with E-state index in [4.69, 9.17) is 21.1 Å². The molecule has 32 heavy (non-hydrogen) atoms. The lowest BCUT2D eigenvalue weighted by Crippen LogP contribution is -2.69. The lowest BCUT2D eigenvalue weighted by molar-refractivity contribution is -0.137. The molecule has 3 heterocycles. The average Bonchev–Trinajstić information content (AvgIpc) is 3.28. The van der Waals surface area contributed by atoms with E-state index in [-0.39, 0.29) is 37.6 Å². The number of halogens is 1. The van der Waals surface area contributed by atoms with Crippen LogP contribution in [0.15, 0.2) is 42.5 Å². The Labute approximate surface area is 190 Å². The highest BCUT2D eigenvalue weighted by atomic mass is 35.5. The van der Waals surface area contributed by atoms with Gasteiger partial charge in [-0.2, -0.15) is 0 Å². The van der Waals surface area contributed by atoms with E-state index in [2.05, 4.69) is 5.32 Å². The zero-order valence-electron chi connectivity index (χ0n) is 17.3. The van der Waals surface area contributed by atoms with Crippen LogP contribution in [0.2, 0.25) is 5.02 Å². The number of rotatable bonds is 5. The zero-order valence-corrected chi connectivity index (χ0v) is 18.0. The van der Waals surface area contributed by atoms with Crippen LogP contribution in [0.25, 0.3) is 0 Å². The summed E-state index contributed by atoms with van der Waals surface area (Å²) in [5.41, 5.74) is 1.22. The van der Waals surface area contributed by atoms with Gasteiger partial charge in [0.1, 0.15) is 6.04 Å². The summed E-state index contributed by atoms with van der Waals surface area (Å²) >= 11 is 5.92. The molecule has 3 amide bonds. The van der Waals surface area contributed by atoms with Crippen LogP contribution in [-0.4, -0.2) is 59.5 Å². The van der Waals surface area contributed by atoms with Crippen molar-refractivity contribution < 1.29 is 23.9 Å². The first-order valence-corrected chi connectivity index (χ1v) is 10.9. The number of urea groups is 1. The van der Waals surface area contributed by atoms with E-state index >= 15 is 0 Å². The molecular formula is C23H22ClN3O5. The quantitative estimate of drug-likeness (QED) is 0.697. The van der Waals surface area contributed by atoms with Crippen molar-refractivity contribution in [1.82, 2.24) is 15.1 Å². The van der Waals surface area contributed by atoms with Crippen LogP contribution in [0.5, 0.6) is 11.5 Å². The van der Waals surface area contributed by atoms with Crippen LogP contribution in [0, 0.1) is 0 Å². The second kappa shape index (κ2) is 8.44. The van der Waals surface area contributed by atoms with E-state index in [9.17, 15) is 14.4 Å². The number of carbonyl (C=O) groups is 3. The molecular weight excluding hydrogens is 434 g/mol. The van der Waals surface area contributed by atoms with Crippen molar-refractivity contribution in [3.8, 4) is 11.5 Å². The third kappa shape index (κ3) is 3.80. The Morgan fingerprint density at radius 1 is 1.09 bits per heavy atom. The first-order chi connectivity index (χ1) is 15.5. The third-order valence-electron chi connectivity index (χ3n) is 6.09. The Morgan fingerprint density at radius 3 is 2.69 bits per heavy atom. The topological polar surface area (TPSA) is 88.2 Å². The van der Waals surface area contributed by atoms with Gasteiger partial charge in [0.05, 0.1) is 19.1 Å². The van der Waals surface area contributed by atoms with Gasteiger partial charge < -0.3 is 19.7 Å². The SMILES string of the molecule is O=C(CN1C(=O)N(Cc2ccc3c(c2)OCO3)C(=O)C2NCCCC21)c1ccc(Cl)cc1. The molecule has 0 radical (unpaired) electrons. The summed E-state index contributed by atoms with van der Waals surface area (Å²) in [6.45, 7) is 0.825. The number of ketones is 1. The van der Waals surface area contributed by atoms with Crippen LogP contribution in [-0.2, 0) is 11.3 Å². The molecule has 2 atom stereocenters. The fourth-order valence-electron chi connectivity index (χ4n) is 4.45. The van der Waals surface area contributed by atoms with E-state index in [1.807, 2.05) is 0 Å². The molecule has 0 spiro atoms. The summed E-state index contributed by atoms with van der Waals surface area (Å²) in [4.78, 5) is 42.3. The molecule has 2 aromatic carbocycles. The molecule has 0 bridgehead atoms. The molecule has 8 nitrogen and oxygen atoms in total. The molecule has 0 aliphatic carbocycles. The van der Waals surface area contributed by atoms with Crippen LogP contribution in [0.3, 0.4) is 0 Å². The monoisotopic (exact) mass is 455 g/mol. The van der Waals surface area contributed by atoms with Gasteiger partial charge in [-0.25, -0.2) is 4.79 Å². The lowest BCUT2D eigenvalue weighted by Gasteiger charge is -2.46. The molecule has 2 fully saturated rings. The number of nitrogens with zero attached hydrogens (tertiary/aromatic N) is 2. The maximum atomic E-state index is 13.4. The smallest absolute Gasteiger partial charge is 0.327 e. The lowest BCUT2D eigenvalue weighted by atomic mass is 9.92. The Morgan fingerprint density at radius 2 is 1.88 bits per heavy atom. The molecule has 2 aromatic rings. The number of amides is 3. The van der Waals surface area contributed by atoms with Crippen molar-refractivity contribution >= 4 is 29.3 Å². The first-order valence-electron chi connectivity index (χ1n) is 10.5. The van der Waals surface area contributed by atoms with E-state index in [0.717, 1.165) is 12.0 Å². The fourth-order valence-corrected chi connectivity index (χ4v) is 4.58. The maximum absolute atomic E-state index is 13.4. The highest BCUT2D eigenvalue weighted by Crippen LogP contribution is 2.33. The molecule has 5 rings (SSSR count). The standard InChI is InChI=1S/C23H22ClN3O5/c24-16-6-4-15(5-7-16)18(28)12-26-17-2-1-9-25-21(17)22(29)27(23(26)30)11-14-3-8-19-20(10-14)32-13-31-19/h3-8,10,17,21,25H,1-2,9,11-13H2. The molecule has 0 aromatic heterocycles. The minimum absolute atomic E-state index is 0.0881. The average molecular weight is 456 g/mol. The first kappa shape index (κ1) is 20.8. The van der Waals surface area contributed by atoms with Crippen molar-refractivity contribution in [3.05, 3.63) is 58.6 Å². The summed E-state index contributed by atoms with van der Waals surface area (Å²) in [5, 5.41) is 3.78. The Bertz CT molecular complexity index is 1070. The minimum Gasteiger partial charge on any atom is -0.454 e. The molecule has 2 unspecified atom stereocenters. The van der Waals surface area contributed by atoms with E-state index < -0.39 is 12.1 Å². The van der Waals surface area contributed by atoms with Crippen molar-refractivity contribution in [2.24, 2.45) is 0 Å². The molecule has 1 N–H and O–H groups in total. The highest BCUT2D eigenvalue weighted by molar-refractivity contribution is 6.30. The van der Waals surface area contributed by atoms with Crippen LogP contribution in [0.4, 0.5) is 4.79 Å². The maximum Gasteiger partial charge on any atom is 0.327 e. The summed E-state index contributed by atoms with van der Waals surface area (Å²) < 4.78 is 10.7. The summed E-state index contributed by atoms with van der Waals surface area (Å²) in [6, 6.07) is 10.6. The number of nitrogens with one attached hydrogen (secondary N) is 1. The van der Waals surface area contributed by atoms with Crippen molar-refractivity contribution in [3.63, 3.8) is 0 Å². The van der Waals surface area contributed by atoms with E-state index in [1.54, 1.807) is 42.5 Å². The Balaban J connectivity index is 1.40. The predicted octanol–water partition coefficient (Wildman–Crippen LogP) is 2.84. The normalized spacial score (nSPS) is 22.2. The number of piperidine rings is 1. The van der Waals surface area contributed by atoms with Gasteiger partial charge in [0, 0.05) is 10.6 Å². The van der Waals surface area contributed by atoms with Crippen molar-refractivity contribution in [2.45, 2.75) is 31.5 Å². The van der Waals surface area contributed by atoms with E-state index in [1.165, 1.54) is 9.80 Å². The number of fused-ring (bicyclic) bond motifs is 2. The van der Waals surface area contributed by atoms with Crippen LogP contribution in [0.1, 0.15) is 28.8 Å². The second-order valence-corrected chi connectivity index (χ2v) is 8.53. The number of hydrogen-bond acceptors (Lipinski definition) is 6. The van der Waals surface area contributed by atoms with Gasteiger partial charge in [0.25, 0.3) is 0 Å². The second-order valence-electron chi connectivity index (χ2n) is 8.09. The molecule has 2 saturated heterocycles. The molecule has 0 saturated carbocycles. The third-order valence-corrected chi connectivity index (χ3v) is 6.34. The molecule has 3 aliphatic rings. The number of Topliss-reactive ketones (excluding diaryl/α,β-unsaturated/α-hetero) is 1. The predicted molar refractivity (Wildman–Crippen MR) is 116 cm³/mol. The number of ether oxygens (including phenoxy) is 2. The number of hydrogen-bond donors (Lipinski definition) is 1. The Hall–Kier alpha value is -3.10. The van der Waals surface area contributed by atoms with Gasteiger partial charge in [0.15, 0.2) is 17.3 Å². The molecule has 3 aliphatic heterocycles. The van der Waals surface area contributed by atoms with E-state index in [0.29, 0.717) is 35.1 Å². The highest BCUT2D eigenvalue weighted by Gasteiger charge is 2.47. The molecule has 9 heteroatoms. The van der Waals surface area contributed by atoms with Crippen LogP contribution < -0.4 is 14.8 Å². The number of carbonyl (C=O) groups excluding carboxylic acids is 3. The number of imide groups is 1. The van der Waals surface area contributed by atoms with Gasteiger partial charge in [-0.15, -0.1) is 0 Å². The van der Waals surface area contributed by atoms with Crippen molar-refractivity contribution in [1.29, 1.82) is 0 Å². The fraction of sp³-hybridized carbons (Fsp3) is 0.348. The zero-order chi connectivity index (χ0) is 22.2. The van der Waals surface area contributed by atoms with Gasteiger partial charge in [-0.1, -0.05) is 17.7 Å². The molecule has 166 valence electrons. The summed E-state index contributed by atoms with van der Waals surface area (Å²) in [6.07, 6.45) is 1.50. The Kier molecular flexibility index (Phi) is 5.48. The van der Waals surface area contributed by atoms with Gasteiger partial charge >= 0.3 is 6.03 Å². The van der Waals surface area contributed by atoms with Gasteiger partial charge in [-0.05, 0) is 61.3 Å². The minimum atomic E-state index is -0.534. The summed E-state index contributed by atoms with van der Waals surface area (Å²) in [7, 11) is 0. The van der Waals surface area contributed by atoms with Gasteiger partial charge in [-0.3, -0.25) is 14.5 Å². The van der Waals surface area contributed by atoms with Gasteiger partial charge in [0.2, 0.25) is 12.7 Å². The number of benzene rings is 2. The van der Waals surface area contributed by atoms with Crippen molar-refractivity contribution in [2.75, 3.05) is 19.9 Å². The van der Waals surface area contributed by atoms with Crippen LogP contribution >= 0.6 is 11.6 Å². The summed E-state index contributed by atoms with van der Waals surface area (Å²) in [5.74, 6) is 0.751. The largest absolute Gasteiger partial charge is 0.454 e.